The minimum Gasteiger partial charge on any atom is -0.486 e. The van der Waals surface area contributed by atoms with E-state index in [1.165, 1.54) is 13.4 Å². The minimum atomic E-state index is -0.725. The van der Waals surface area contributed by atoms with Gasteiger partial charge in [0.15, 0.2) is 11.5 Å². The van der Waals surface area contributed by atoms with E-state index in [4.69, 9.17) is 15.2 Å². The molecule has 0 atom stereocenters. The van der Waals surface area contributed by atoms with Crippen LogP contribution in [-0.2, 0) is 20.7 Å². The summed E-state index contributed by atoms with van der Waals surface area (Å²) < 4.78 is 20.5. The molecule has 0 fully saturated rings. The van der Waals surface area contributed by atoms with E-state index >= 15 is 0 Å². The third-order valence-corrected chi connectivity index (χ3v) is 4.77. The third kappa shape index (κ3) is 7.73. The molecule has 10 heteroatoms. The molecule has 0 aliphatic carbocycles. The second-order valence-electron chi connectivity index (χ2n) is 8.67. The van der Waals surface area contributed by atoms with E-state index in [2.05, 4.69) is 24.8 Å². The number of primary amides is 1. The van der Waals surface area contributed by atoms with Gasteiger partial charge in [0.05, 0.1) is 12.6 Å². The van der Waals surface area contributed by atoms with E-state index in [0.717, 1.165) is 22.2 Å². The first kappa shape index (κ1) is 25.5. The predicted octanol–water partition coefficient (Wildman–Crippen LogP) is 4.13. The molecule has 0 unspecified atom stereocenters. The van der Waals surface area contributed by atoms with Crippen molar-refractivity contribution in [2.75, 3.05) is 25.6 Å². The number of benzene rings is 2. The van der Waals surface area contributed by atoms with Crippen LogP contribution in [0.3, 0.4) is 0 Å². The summed E-state index contributed by atoms with van der Waals surface area (Å²) in [6, 6.07) is 11.6. The van der Waals surface area contributed by atoms with Crippen LogP contribution in [0, 0.1) is 0 Å². The molecule has 3 aromatic rings. The molecule has 0 radical (unpaired) electrons. The molecule has 0 saturated heterocycles. The Balaban J connectivity index is 0.000000371. The number of aryl methyl sites for hydroxylation is 1. The highest BCUT2D eigenvalue weighted by Gasteiger charge is 2.15. The number of fused-ring (bicyclic) bond motifs is 2. The SMILES string of the molecule is CC(C)(C)OC(N)=O.COC(=O)CCc1ccc(Nc2ncnc3cc4c(cc23)OCCO4)cc1. The Morgan fingerprint density at radius 2 is 1.71 bits per heavy atom. The number of methoxy groups -OCH3 is 1. The summed E-state index contributed by atoms with van der Waals surface area (Å²) in [5.74, 6) is 1.89. The molecule has 35 heavy (non-hydrogen) atoms. The van der Waals surface area contributed by atoms with Gasteiger partial charge in [-0.2, -0.15) is 0 Å². The fourth-order valence-corrected chi connectivity index (χ4v) is 3.23. The van der Waals surface area contributed by atoms with Crippen LogP contribution in [-0.4, -0.2) is 48.0 Å². The summed E-state index contributed by atoms with van der Waals surface area (Å²) in [6.45, 7) is 6.35. The van der Waals surface area contributed by atoms with Crippen LogP contribution in [0.1, 0.15) is 32.8 Å². The highest BCUT2D eigenvalue weighted by molar-refractivity contribution is 5.93. The molecule has 186 valence electrons. The molecular formula is C25H30N4O6. The summed E-state index contributed by atoms with van der Waals surface area (Å²) in [5, 5.41) is 4.18. The molecule has 1 aliphatic rings. The maximum Gasteiger partial charge on any atom is 0.405 e. The number of nitrogens with two attached hydrogens (primary N) is 1. The highest BCUT2D eigenvalue weighted by atomic mass is 16.6. The lowest BCUT2D eigenvalue weighted by atomic mass is 10.1. The lowest BCUT2D eigenvalue weighted by Crippen LogP contribution is -2.27. The lowest BCUT2D eigenvalue weighted by molar-refractivity contribution is -0.140. The first-order valence-corrected chi connectivity index (χ1v) is 11.1. The van der Waals surface area contributed by atoms with Gasteiger partial charge in [-0.25, -0.2) is 14.8 Å². The van der Waals surface area contributed by atoms with E-state index in [9.17, 15) is 9.59 Å². The second-order valence-corrected chi connectivity index (χ2v) is 8.67. The number of hydrogen-bond donors (Lipinski definition) is 2. The molecular weight excluding hydrogens is 452 g/mol. The summed E-state index contributed by atoms with van der Waals surface area (Å²) in [4.78, 5) is 30.0. The number of rotatable bonds is 5. The van der Waals surface area contributed by atoms with Gasteiger partial charge < -0.3 is 30.0 Å². The number of carbonyl (C=O) groups is 2. The lowest BCUT2D eigenvalue weighted by Gasteiger charge is -2.19. The second kappa shape index (κ2) is 11.4. The van der Waals surface area contributed by atoms with Crippen molar-refractivity contribution in [3.63, 3.8) is 0 Å². The topological polar surface area (TPSA) is 135 Å². The number of nitrogens with one attached hydrogen (secondary N) is 1. The first-order chi connectivity index (χ1) is 16.6. The number of ether oxygens (including phenoxy) is 4. The van der Waals surface area contributed by atoms with Crippen molar-refractivity contribution in [3.05, 3.63) is 48.3 Å². The first-order valence-electron chi connectivity index (χ1n) is 11.1. The van der Waals surface area contributed by atoms with E-state index in [1.54, 1.807) is 20.8 Å². The summed E-state index contributed by atoms with van der Waals surface area (Å²) in [6.07, 6.45) is 1.81. The van der Waals surface area contributed by atoms with Gasteiger partial charge in [0.1, 0.15) is 31.0 Å². The zero-order chi connectivity index (χ0) is 25.4. The summed E-state index contributed by atoms with van der Waals surface area (Å²) in [5.41, 5.74) is 7.01. The Kier molecular flexibility index (Phi) is 8.30. The number of carbonyl (C=O) groups excluding carboxylic acids is 2. The van der Waals surface area contributed by atoms with Gasteiger partial charge in [0.2, 0.25) is 0 Å². The molecule has 1 aliphatic heterocycles. The van der Waals surface area contributed by atoms with Crippen LogP contribution >= 0.6 is 0 Å². The van der Waals surface area contributed by atoms with Gasteiger partial charge in [-0.3, -0.25) is 4.79 Å². The quantitative estimate of drug-likeness (QED) is 0.515. The van der Waals surface area contributed by atoms with Gasteiger partial charge in [0, 0.05) is 23.6 Å². The Labute approximate surface area is 203 Å². The van der Waals surface area contributed by atoms with E-state index in [1.807, 2.05) is 36.4 Å². The van der Waals surface area contributed by atoms with Crippen LogP contribution in [0.15, 0.2) is 42.7 Å². The number of nitrogens with zero attached hydrogens (tertiary/aromatic N) is 2. The maximum absolute atomic E-state index is 11.3. The van der Waals surface area contributed by atoms with Crippen molar-refractivity contribution in [1.29, 1.82) is 0 Å². The van der Waals surface area contributed by atoms with Crippen molar-refractivity contribution in [2.45, 2.75) is 39.2 Å². The smallest absolute Gasteiger partial charge is 0.405 e. The van der Waals surface area contributed by atoms with Gasteiger partial charge >= 0.3 is 12.1 Å². The van der Waals surface area contributed by atoms with Crippen LogP contribution in [0.2, 0.25) is 0 Å². The average Bonchev–Trinajstić information content (AvgIpc) is 2.81. The van der Waals surface area contributed by atoms with E-state index < -0.39 is 11.7 Å². The minimum absolute atomic E-state index is 0.209. The van der Waals surface area contributed by atoms with Crippen molar-refractivity contribution < 1.29 is 28.5 Å². The fraction of sp³-hybridized carbons (Fsp3) is 0.360. The molecule has 0 saturated carbocycles. The zero-order valence-corrected chi connectivity index (χ0v) is 20.3. The molecule has 1 aromatic heterocycles. The van der Waals surface area contributed by atoms with E-state index in [0.29, 0.717) is 43.4 Å². The van der Waals surface area contributed by atoms with Crippen LogP contribution < -0.4 is 20.5 Å². The monoisotopic (exact) mass is 482 g/mol. The van der Waals surface area contributed by atoms with E-state index in [-0.39, 0.29) is 5.97 Å². The number of hydrogen-bond acceptors (Lipinski definition) is 9. The van der Waals surface area contributed by atoms with Gasteiger partial charge in [-0.15, -0.1) is 0 Å². The molecule has 1 amide bonds. The van der Waals surface area contributed by atoms with Gasteiger partial charge in [0.25, 0.3) is 0 Å². The fourth-order valence-electron chi connectivity index (χ4n) is 3.23. The van der Waals surface area contributed by atoms with Gasteiger partial charge in [-0.1, -0.05) is 12.1 Å². The predicted molar refractivity (Wildman–Crippen MR) is 131 cm³/mol. The Bertz CT molecular complexity index is 1180. The van der Waals surface area contributed by atoms with Crippen LogP contribution in [0.25, 0.3) is 10.9 Å². The standard InChI is InChI=1S/C20H19N3O4.C5H11NO2/c1-25-19(24)7-4-13-2-5-14(6-3-13)23-20-15-10-17-18(27-9-8-26-17)11-16(15)21-12-22-20;1-5(2,3)8-4(6)7/h2-3,5-6,10-12H,4,7-9H2,1H3,(H,21,22,23);1-3H3,(H2,6,7). The number of aromatic nitrogens is 2. The number of esters is 1. The molecule has 10 nitrogen and oxygen atoms in total. The normalized spacial score (nSPS) is 12.2. The largest absolute Gasteiger partial charge is 0.486 e. The molecule has 3 N–H and O–H groups in total. The zero-order valence-electron chi connectivity index (χ0n) is 20.3. The molecule has 4 rings (SSSR count). The Hall–Kier alpha value is -4.08. The number of amides is 1. The molecule has 2 aromatic carbocycles. The van der Waals surface area contributed by atoms with Gasteiger partial charge in [-0.05, 0) is 51.0 Å². The van der Waals surface area contributed by atoms with Crippen molar-refractivity contribution >= 4 is 34.5 Å². The molecule has 2 heterocycles. The average molecular weight is 483 g/mol. The van der Waals surface area contributed by atoms with Crippen molar-refractivity contribution in [1.82, 2.24) is 9.97 Å². The number of anilines is 2. The molecule has 0 bridgehead atoms. The Morgan fingerprint density at radius 3 is 2.29 bits per heavy atom. The third-order valence-electron chi connectivity index (χ3n) is 4.77. The van der Waals surface area contributed by atoms with Crippen LogP contribution in [0.5, 0.6) is 11.5 Å². The van der Waals surface area contributed by atoms with Crippen molar-refractivity contribution in [2.24, 2.45) is 5.73 Å². The maximum atomic E-state index is 11.3. The summed E-state index contributed by atoms with van der Waals surface area (Å²) >= 11 is 0. The van der Waals surface area contributed by atoms with Crippen molar-refractivity contribution in [3.8, 4) is 11.5 Å². The highest BCUT2D eigenvalue weighted by Crippen LogP contribution is 2.36. The summed E-state index contributed by atoms with van der Waals surface area (Å²) in [7, 11) is 1.40. The van der Waals surface area contributed by atoms with Crippen LogP contribution in [0.4, 0.5) is 16.3 Å². The molecule has 0 spiro atoms. The Morgan fingerprint density at radius 1 is 1.06 bits per heavy atom.